The zero-order valence-corrected chi connectivity index (χ0v) is 11.0. The molecule has 8 heteroatoms. The summed E-state index contributed by atoms with van der Waals surface area (Å²) in [5.74, 6) is -2.11. The van der Waals surface area contributed by atoms with Crippen molar-refractivity contribution in [3.05, 3.63) is 29.0 Å². The average Bonchev–Trinajstić information content (AvgIpc) is 2.25. The first-order valence-electron chi connectivity index (χ1n) is 4.89. The summed E-state index contributed by atoms with van der Waals surface area (Å²) in [6.45, 7) is -0.262. The lowest BCUT2D eigenvalue weighted by Crippen LogP contribution is -2.30. The van der Waals surface area contributed by atoms with E-state index in [9.17, 15) is 17.6 Å². The molecule has 0 aromatic heterocycles. The Labute approximate surface area is 109 Å². The van der Waals surface area contributed by atoms with Gasteiger partial charge in [0.05, 0.1) is 11.4 Å². The maximum atomic E-state index is 13.5. The third-order valence-electron chi connectivity index (χ3n) is 2.23. The number of carboxylic acids is 1. The highest BCUT2D eigenvalue weighted by molar-refractivity contribution is 7.89. The molecule has 0 amide bonds. The molecule has 0 aliphatic carbocycles. The Morgan fingerprint density at radius 1 is 1.50 bits per heavy atom. The molecule has 1 N–H and O–H groups in total. The van der Waals surface area contributed by atoms with Gasteiger partial charge in [-0.15, -0.1) is 0 Å². The molecule has 0 spiro atoms. The van der Waals surface area contributed by atoms with E-state index in [2.05, 4.69) is 0 Å². The van der Waals surface area contributed by atoms with Gasteiger partial charge in [0.15, 0.2) is 0 Å². The van der Waals surface area contributed by atoms with Crippen LogP contribution in [0.15, 0.2) is 23.1 Å². The summed E-state index contributed by atoms with van der Waals surface area (Å²) in [6.07, 6.45) is -0.373. The molecule has 0 fully saturated rings. The molecule has 0 saturated carbocycles. The second-order valence-electron chi connectivity index (χ2n) is 3.52. The van der Waals surface area contributed by atoms with Crippen molar-refractivity contribution in [2.24, 2.45) is 0 Å². The van der Waals surface area contributed by atoms with Crippen LogP contribution >= 0.6 is 11.6 Å². The van der Waals surface area contributed by atoms with E-state index < -0.39 is 26.7 Å². The van der Waals surface area contributed by atoms with Crippen LogP contribution in [0.3, 0.4) is 0 Å². The number of hydrogen-bond donors (Lipinski definition) is 1. The molecule has 18 heavy (non-hydrogen) atoms. The van der Waals surface area contributed by atoms with E-state index in [1.807, 2.05) is 0 Å². The van der Waals surface area contributed by atoms with Crippen LogP contribution in [-0.4, -0.2) is 37.4 Å². The molecule has 0 unspecified atom stereocenters. The lowest BCUT2D eigenvalue weighted by molar-refractivity contribution is -0.137. The van der Waals surface area contributed by atoms with E-state index in [-0.39, 0.29) is 18.0 Å². The van der Waals surface area contributed by atoms with Crippen LogP contribution in [0, 0.1) is 5.82 Å². The minimum Gasteiger partial charge on any atom is -0.481 e. The molecule has 0 aliphatic heterocycles. The predicted molar refractivity (Wildman–Crippen MR) is 63.5 cm³/mol. The summed E-state index contributed by atoms with van der Waals surface area (Å²) in [5.41, 5.74) is 0. The number of carboxylic acid groups (broad SMARTS) is 1. The van der Waals surface area contributed by atoms with E-state index in [4.69, 9.17) is 16.7 Å². The molecule has 0 aliphatic rings. The second-order valence-corrected chi connectivity index (χ2v) is 5.91. The van der Waals surface area contributed by atoms with Gasteiger partial charge in [-0.2, -0.15) is 0 Å². The van der Waals surface area contributed by atoms with E-state index in [0.29, 0.717) is 0 Å². The van der Waals surface area contributed by atoms with E-state index in [1.165, 1.54) is 19.2 Å². The molecule has 100 valence electrons. The Balaban J connectivity index is 3.10. The smallest absolute Gasteiger partial charge is 0.304 e. The lowest BCUT2D eigenvalue weighted by Gasteiger charge is -2.17. The van der Waals surface area contributed by atoms with Gasteiger partial charge in [-0.05, 0) is 12.1 Å². The molecule has 0 saturated heterocycles. The topological polar surface area (TPSA) is 74.7 Å². The van der Waals surface area contributed by atoms with Gasteiger partial charge in [-0.25, -0.2) is 17.1 Å². The fourth-order valence-corrected chi connectivity index (χ4v) is 2.99. The van der Waals surface area contributed by atoms with Crippen LogP contribution in [0.5, 0.6) is 0 Å². The fourth-order valence-electron chi connectivity index (χ4n) is 1.26. The second kappa shape index (κ2) is 5.64. The first-order valence-corrected chi connectivity index (χ1v) is 6.70. The summed E-state index contributed by atoms with van der Waals surface area (Å²) in [6, 6.07) is 3.51. The summed E-state index contributed by atoms with van der Waals surface area (Å²) in [5, 5.41) is 8.25. The van der Waals surface area contributed by atoms with Crippen molar-refractivity contribution in [3.63, 3.8) is 0 Å². The highest BCUT2D eigenvalue weighted by Gasteiger charge is 2.27. The largest absolute Gasteiger partial charge is 0.481 e. The number of carbonyl (C=O) groups is 1. The van der Waals surface area contributed by atoms with Crippen LogP contribution in [0.2, 0.25) is 5.02 Å². The monoisotopic (exact) mass is 295 g/mol. The highest BCUT2D eigenvalue weighted by atomic mass is 35.5. The Kier molecular flexibility index (Phi) is 4.66. The SMILES string of the molecule is CN(CCC(=O)O)S(=O)(=O)c1c(F)cccc1Cl. The minimum atomic E-state index is -4.13. The highest BCUT2D eigenvalue weighted by Crippen LogP contribution is 2.26. The number of hydrogen-bond acceptors (Lipinski definition) is 3. The maximum absolute atomic E-state index is 13.5. The van der Waals surface area contributed by atoms with Crippen molar-refractivity contribution in [2.45, 2.75) is 11.3 Å². The van der Waals surface area contributed by atoms with Gasteiger partial charge < -0.3 is 5.11 Å². The van der Waals surface area contributed by atoms with Gasteiger partial charge in [0.2, 0.25) is 10.0 Å². The molecule has 0 atom stereocenters. The number of nitrogens with zero attached hydrogens (tertiary/aromatic N) is 1. The van der Waals surface area contributed by atoms with Gasteiger partial charge >= 0.3 is 5.97 Å². The van der Waals surface area contributed by atoms with E-state index in [1.54, 1.807) is 0 Å². The van der Waals surface area contributed by atoms with Crippen LogP contribution in [0.25, 0.3) is 0 Å². The van der Waals surface area contributed by atoms with Crippen molar-refractivity contribution in [2.75, 3.05) is 13.6 Å². The van der Waals surface area contributed by atoms with E-state index in [0.717, 1.165) is 10.4 Å². The van der Waals surface area contributed by atoms with Crippen molar-refractivity contribution in [3.8, 4) is 0 Å². The molecule has 1 rings (SSSR count). The Bertz CT molecular complexity index is 541. The number of aliphatic carboxylic acids is 1. The molecular weight excluding hydrogens is 285 g/mol. The van der Waals surface area contributed by atoms with Crippen molar-refractivity contribution < 1.29 is 22.7 Å². The standard InChI is InChI=1S/C10H11ClFNO4S/c1-13(6-5-9(14)15)18(16,17)10-7(11)3-2-4-8(10)12/h2-4H,5-6H2,1H3,(H,14,15). The summed E-state index contributed by atoms with van der Waals surface area (Å²) in [7, 11) is -2.97. The number of halogens is 2. The van der Waals surface area contributed by atoms with Crippen LogP contribution in [0.4, 0.5) is 4.39 Å². The lowest BCUT2D eigenvalue weighted by atomic mass is 10.3. The van der Waals surface area contributed by atoms with Crippen molar-refractivity contribution in [1.82, 2.24) is 4.31 Å². The number of benzene rings is 1. The van der Waals surface area contributed by atoms with Gasteiger partial charge in [-0.1, -0.05) is 17.7 Å². The Morgan fingerprint density at radius 3 is 2.61 bits per heavy atom. The van der Waals surface area contributed by atoms with Gasteiger partial charge in [0.25, 0.3) is 0 Å². The molecule has 1 aromatic carbocycles. The molecule has 0 radical (unpaired) electrons. The van der Waals surface area contributed by atoms with Crippen molar-refractivity contribution >= 4 is 27.6 Å². The zero-order chi connectivity index (χ0) is 13.9. The molecule has 1 aromatic rings. The van der Waals surface area contributed by atoms with Gasteiger partial charge in [0.1, 0.15) is 10.7 Å². The average molecular weight is 296 g/mol. The predicted octanol–water partition coefficient (Wildman–Crippen LogP) is 1.57. The van der Waals surface area contributed by atoms with Gasteiger partial charge in [0, 0.05) is 13.6 Å². The summed E-state index contributed by atoms with van der Waals surface area (Å²) < 4.78 is 38.2. The van der Waals surface area contributed by atoms with Gasteiger partial charge in [-0.3, -0.25) is 4.79 Å². The maximum Gasteiger partial charge on any atom is 0.304 e. The Morgan fingerprint density at radius 2 is 2.11 bits per heavy atom. The third kappa shape index (κ3) is 3.18. The third-order valence-corrected chi connectivity index (χ3v) is 4.59. The van der Waals surface area contributed by atoms with Crippen molar-refractivity contribution in [1.29, 1.82) is 0 Å². The molecule has 0 bridgehead atoms. The summed E-state index contributed by atoms with van der Waals surface area (Å²) >= 11 is 5.66. The van der Waals surface area contributed by atoms with Crippen LogP contribution in [-0.2, 0) is 14.8 Å². The summed E-state index contributed by atoms with van der Waals surface area (Å²) in [4.78, 5) is 9.74. The minimum absolute atomic E-state index is 0.239. The fraction of sp³-hybridized carbons (Fsp3) is 0.300. The zero-order valence-electron chi connectivity index (χ0n) is 9.43. The number of rotatable bonds is 5. The molecule has 5 nitrogen and oxygen atoms in total. The van der Waals surface area contributed by atoms with Crippen LogP contribution in [0.1, 0.15) is 6.42 Å². The van der Waals surface area contributed by atoms with Crippen LogP contribution < -0.4 is 0 Å². The molecule has 0 heterocycles. The van der Waals surface area contributed by atoms with E-state index >= 15 is 0 Å². The Hall–Kier alpha value is -1.18. The normalized spacial score (nSPS) is 11.8. The number of sulfonamides is 1. The first-order chi connectivity index (χ1) is 8.26. The quantitative estimate of drug-likeness (QED) is 0.895. The first kappa shape index (κ1) is 14.9. The molecular formula is C10H11ClFNO4S.